The summed E-state index contributed by atoms with van der Waals surface area (Å²) >= 11 is 0. The summed E-state index contributed by atoms with van der Waals surface area (Å²) in [4.78, 5) is 3.72. The summed E-state index contributed by atoms with van der Waals surface area (Å²) < 4.78 is 41.6. The first-order chi connectivity index (χ1) is 17.4. The van der Waals surface area contributed by atoms with Gasteiger partial charge >= 0.3 is 7.25 Å². The summed E-state index contributed by atoms with van der Waals surface area (Å²) in [7, 11) is -6.00. The lowest BCUT2D eigenvalue weighted by Gasteiger charge is -2.04. The molecule has 1 N–H and O–H groups in total. The minimum absolute atomic E-state index is 1.17. The van der Waals surface area contributed by atoms with E-state index in [0.717, 1.165) is 0 Å². The van der Waals surface area contributed by atoms with Gasteiger partial charge in [-0.1, -0.05) is 122 Å². The van der Waals surface area contributed by atoms with Gasteiger partial charge in [-0.05, 0) is 31.4 Å². The lowest BCUT2D eigenvalue weighted by Crippen LogP contribution is -2.37. The molecule has 0 fully saturated rings. The van der Waals surface area contributed by atoms with Crippen LogP contribution in [0.1, 0.15) is 135 Å². The molecule has 0 unspecified atom stereocenters. The van der Waals surface area contributed by atoms with Crippen molar-refractivity contribution in [3.05, 3.63) is 30.1 Å². The molecule has 36 heavy (non-hydrogen) atoms. The van der Waals surface area contributed by atoms with Crippen molar-refractivity contribution in [3.8, 4) is 0 Å². The second kappa shape index (κ2) is 20.5. The summed E-state index contributed by atoms with van der Waals surface area (Å²) in [5, 5.41) is 0. The fourth-order valence-electron chi connectivity index (χ4n) is 4.82. The highest BCUT2D eigenvalue weighted by Crippen LogP contribution is 2.15. The zero-order valence-electron chi connectivity index (χ0n) is 23.0. The highest BCUT2D eigenvalue weighted by Gasteiger charge is 2.20. The molecule has 2 nitrogen and oxygen atoms in total. The maximum Gasteiger partial charge on any atom is 0.673 e. The molecule has 1 aromatic carbocycles. The van der Waals surface area contributed by atoms with Crippen molar-refractivity contribution in [1.82, 2.24) is 4.98 Å². The van der Waals surface area contributed by atoms with Gasteiger partial charge in [0.1, 0.15) is 0 Å². The maximum absolute atomic E-state index is 9.75. The van der Waals surface area contributed by atoms with Gasteiger partial charge in [0.15, 0.2) is 11.0 Å². The molecule has 0 spiro atoms. The number of hydrogen-bond acceptors (Lipinski definition) is 0. The number of aryl methyl sites for hydroxylation is 2. The first-order valence-corrected chi connectivity index (χ1v) is 14.7. The number of aromatic amines is 1. The largest absolute Gasteiger partial charge is 0.673 e. The zero-order valence-corrected chi connectivity index (χ0v) is 23.0. The average Bonchev–Trinajstić information content (AvgIpc) is 3.18. The van der Waals surface area contributed by atoms with E-state index in [-0.39, 0.29) is 0 Å². The van der Waals surface area contributed by atoms with Crippen LogP contribution < -0.4 is 4.57 Å². The summed E-state index contributed by atoms with van der Waals surface area (Å²) in [6, 6.07) is 8.85. The third-order valence-corrected chi connectivity index (χ3v) is 6.80. The number of halogens is 4. The van der Waals surface area contributed by atoms with E-state index in [1.54, 1.807) is 0 Å². The standard InChI is InChI=1S/C29H50N2.BF4/c1-3-5-7-9-10-11-12-13-14-15-16-17-19-25-29-30-27-23-20-21-24-28(27)31(29)26-22-18-8-6-4-2;2-1(3,4)5/h20-21,23-24H,3-19,22,25-26H2,1-2H3;/q;-1/p+1. The molecule has 208 valence electrons. The molecule has 0 aliphatic rings. The molecule has 0 aliphatic heterocycles. The first-order valence-electron chi connectivity index (χ1n) is 14.7. The van der Waals surface area contributed by atoms with Crippen molar-refractivity contribution < 1.29 is 21.8 Å². The van der Waals surface area contributed by atoms with Crippen molar-refractivity contribution in [2.24, 2.45) is 0 Å². The van der Waals surface area contributed by atoms with Crippen LogP contribution in [-0.2, 0) is 13.0 Å². The van der Waals surface area contributed by atoms with E-state index >= 15 is 0 Å². The Bertz CT molecular complexity index is 770. The van der Waals surface area contributed by atoms with Crippen molar-refractivity contribution in [3.63, 3.8) is 0 Å². The highest BCUT2D eigenvalue weighted by atomic mass is 19.5. The molecule has 0 bridgehead atoms. The molecule has 0 amide bonds. The summed E-state index contributed by atoms with van der Waals surface area (Å²) in [6.45, 7) is 5.76. The van der Waals surface area contributed by atoms with E-state index in [9.17, 15) is 17.3 Å². The minimum Gasteiger partial charge on any atom is -0.418 e. The lowest BCUT2D eigenvalue weighted by molar-refractivity contribution is -0.679. The monoisotopic (exact) mass is 514 g/mol. The summed E-state index contributed by atoms with van der Waals surface area (Å²) in [5.74, 6) is 1.44. The number of hydrogen-bond donors (Lipinski definition) is 1. The van der Waals surface area contributed by atoms with E-state index in [2.05, 4.69) is 47.7 Å². The normalized spacial score (nSPS) is 11.6. The minimum atomic E-state index is -6.00. The fourth-order valence-corrected chi connectivity index (χ4v) is 4.82. The molecular formula is C29H51BF4N2. The molecule has 0 saturated heterocycles. The SMILES string of the molecule is CCCCCCCCCCCCCCCc1[nH]c2ccccc2[n+]1CCCCCCC.F[B-](F)(F)F. The number of rotatable bonds is 20. The van der Waals surface area contributed by atoms with Crippen LogP contribution in [0.25, 0.3) is 11.0 Å². The van der Waals surface area contributed by atoms with Crippen LogP contribution >= 0.6 is 0 Å². The number of fused-ring (bicyclic) bond motifs is 1. The molecule has 0 radical (unpaired) electrons. The Morgan fingerprint density at radius 3 is 1.53 bits per heavy atom. The van der Waals surface area contributed by atoms with Crippen molar-refractivity contribution in [1.29, 1.82) is 0 Å². The van der Waals surface area contributed by atoms with Crippen LogP contribution in [0.3, 0.4) is 0 Å². The van der Waals surface area contributed by atoms with Gasteiger partial charge in [0.2, 0.25) is 0 Å². The number of benzene rings is 1. The molecular weight excluding hydrogens is 463 g/mol. The number of aromatic nitrogens is 2. The van der Waals surface area contributed by atoms with E-state index < -0.39 is 7.25 Å². The van der Waals surface area contributed by atoms with Crippen LogP contribution in [-0.4, -0.2) is 12.2 Å². The number of unbranched alkanes of at least 4 members (excludes halogenated alkanes) is 16. The van der Waals surface area contributed by atoms with Crippen LogP contribution in [0, 0.1) is 0 Å². The molecule has 1 aromatic heterocycles. The second-order valence-corrected chi connectivity index (χ2v) is 10.1. The Balaban J connectivity index is 0.00000118. The molecule has 2 aromatic rings. The fraction of sp³-hybridized carbons (Fsp3) is 0.759. The van der Waals surface area contributed by atoms with Crippen LogP contribution in [0.15, 0.2) is 24.3 Å². The zero-order chi connectivity index (χ0) is 26.5. The number of nitrogens with zero attached hydrogens (tertiary/aromatic N) is 1. The van der Waals surface area contributed by atoms with Gasteiger partial charge in [0, 0.05) is 6.42 Å². The molecule has 0 saturated carbocycles. The Kier molecular flexibility index (Phi) is 18.5. The van der Waals surface area contributed by atoms with E-state index in [4.69, 9.17) is 0 Å². The predicted molar refractivity (Wildman–Crippen MR) is 147 cm³/mol. The van der Waals surface area contributed by atoms with E-state index in [0.29, 0.717) is 0 Å². The lowest BCUT2D eigenvalue weighted by atomic mass is 10.0. The van der Waals surface area contributed by atoms with E-state index in [1.807, 2.05) is 0 Å². The van der Waals surface area contributed by atoms with Gasteiger partial charge in [-0.15, -0.1) is 0 Å². The second-order valence-electron chi connectivity index (χ2n) is 10.1. The number of para-hydroxylation sites is 2. The number of H-pyrrole nitrogens is 1. The van der Waals surface area contributed by atoms with Crippen LogP contribution in [0.5, 0.6) is 0 Å². The molecule has 1 heterocycles. The van der Waals surface area contributed by atoms with Crippen LogP contribution in [0.2, 0.25) is 0 Å². The number of nitrogens with one attached hydrogen (secondary N) is 1. The van der Waals surface area contributed by atoms with Crippen molar-refractivity contribution in [2.75, 3.05) is 0 Å². The van der Waals surface area contributed by atoms with Crippen molar-refractivity contribution >= 4 is 18.3 Å². The Morgan fingerprint density at radius 1 is 0.611 bits per heavy atom. The number of imidazole rings is 1. The summed E-state index contributed by atoms with van der Waals surface area (Å²) in [6.07, 6.45) is 26.5. The Labute approximate surface area is 217 Å². The third kappa shape index (κ3) is 17.0. The highest BCUT2D eigenvalue weighted by molar-refractivity contribution is 6.50. The Morgan fingerprint density at radius 2 is 1.03 bits per heavy atom. The molecule has 0 atom stereocenters. The third-order valence-electron chi connectivity index (χ3n) is 6.80. The van der Waals surface area contributed by atoms with Gasteiger partial charge in [0.05, 0.1) is 6.54 Å². The molecule has 2 rings (SSSR count). The van der Waals surface area contributed by atoms with E-state index in [1.165, 1.54) is 145 Å². The van der Waals surface area contributed by atoms with Gasteiger partial charge in [-0.3, -0.25) is 0 Å². The maximum atomic E-state index is 9.75. The average molecular weight is 515 g/mol. The van der Waals surface area contributed by atoms with Crippen molar-refractivity contribution in [2.45, 2.75) is 142 Å². The smallest absolute Gasteiger partial charge is 0.418 e. The summed E-state index contributed by atoms with van der Waals surface area (Å²) in [5.41, 5.74) is 2.70. The Hall–Kier alpha value is -1.53. The molecule has 7 heteroatoms. The molecule has 0 aliphatic carbocycles. The quantitative estimate of drug-likeness (QED) is 0.0785. The topological polar surface area (TPSA) is 19.7 Å². The van der Waals surface area contributed by atoms with Crippen LogP contribution in [0.4, 0.5) is 17.3 Å². The van der Waals surface area contributed by atoms with Gasteiger partial charge in [0.25, 0.3) is 5.82 Å². The van der Waals surface area contributed by atoms with Gasteiger partial charge < -0.3 is 17.3 Å². The van der Waals surface area contributed by atoms with Gasteiger partial charge in [-0.25, -0.2) is 9.55 Å². The first kappa shape index (κ1) is 32.5. The van der Waals surface area contributed by atoms with Gasteiger partial charge in [-0.2, -0.15) is 0 Å². The predicted octanol–water partition coefficient (Wildman–Crippen LogP) is 10.4.